The van der Waals surface area contributed by atoms with Crippen molar-refractivity contribution >= 4 is 22.6 Å². The Morgan fingerprint density at radius 2 is 2.11 bits per heavy atom. The minimum Gasteiger partial charge on any atom is -0.462 e. The standard InChI is InChI=1S/C13H13NO5/c1-3-10-6-8-5-9(13(15)18-4-2)7-11(14(16)17)12(8)19-10/h5-7H,3-4H2,1-2H3. The van der Waals surface area contributed by atoms with Gasteiger partial charge in [0.2, 0.25) is 5.58 Å². The lowest BCUT2D eigenvalue weighted by atomic mass is 10.1. The Morgan fingerprint density at radius 3 is 2.68 bits per heavy atom. The lowest BCUT2D eigenvalue weighted by molar-refractivity contribution is -0.383. The molecule has 0 saturated carbocycles. The zero-order chi connectivity index (χ0) is 14.0. The summed E-state index contributed by atoms with van der Waals surface area (Å²) >= 11 is 0. The number of nitro groups is 1. The third-order valence-corrected chi connectivity index (χ3v) is 2.70. The first-order valence-corrected chi connectivity index (χ1v) is 5.94. The van der Waals surface area contributed by atoms with Crippen molar-refractivity contribution in [2.24, 2.45) is 0 Å². The Balaban J connectivity index is 2.63. The van der Waals surface area contributed by atoms with Crippen molar-refractivity contribution < 1.29 is 18.9 Å². The number of nitrogens with zero attached hydrogens (tertiary/aromatic N) is 1. The van der Waals surface area contributed by atoms with E-state index in [0.29, 0.717) is 17.6 Å². The van der Waals surface area contributed by atoms with Crippen LogP contribution < -0.4 is 0 Å². The molecule has 0 saturated heterocycles. The molecule has 6 heteroatoms. The molecule has 0 fully saturated rings. The summed E-state index contributed by atoms with van der Waals surface area (Å²) in [6.07, 6.45) is 0.626. The van der Waals surface area contributed by atoms with Crippen LogP contribution in [-0.2, 0) is 11.2 Å². The van der Waals surface area contributed by atoms with E-state index in [4.69, 9.17) is 9.15 Å². The van der Waals surface area contributed by atoms with E-state index in [-0.39, 0.29) is 23.4 Å². The van der Waals surface area contributed by atoms with E-state index in [1.54, 1.807) is 19.1 Å². The molecule has 0 radical (unpaired) electrons. The number of hydrogen-bond acceptors (Lipinski definition) is 5. The number of fused-ring (bicyclic) bond motifs is 1. The molecule has 2 aromatic rings. The summed E-state index contributed by atoms with van der Waals surface area (Å²) in [7, 11) is 0. The summed E-state index contributed by atoms with van der Waals surface area (Å²) in [5.74, 6) is 0.0610. The number of benzene rings is 1. The number of non-ortho nitro benzene ring substituents is 1. The van der Waals surface area contributed by atoms with Crippen molar-refractivity contribution in [3.05, 3.63) is 39.6 Å². The van der Waals surface area contributed by atoms with Gasteiger partial charge in [-0.2, -0.15) is 0 Å². The second-order valence-corrected chi connectivity index (χ2v) is 3.96. The van der Waals surface area contributed by atoms with Crippen molar-refractivity contribution in [2.75, 3.05) is 6.61 Å². The molecule has 2 rings (SSSR count). The first-order valence-electron chi connectivity index (χ1n) is 5.94. The summed E-state index contributed by atoms with van der Waals surface area (Å²) in [6, 6.07) is 4.43. The second kappa shape index (κ2) is 5.09. The fraction of sp³-hybridized carbons (Fsp3) is 0.308. The molecule has 0 aliphatic carbocycles. The van der Waals surface area contributed by atoms with Crippen molar-refractivity contribution in [2.45, 2.75) is 20.3 Å². The monoisotopic (exact) mass is 263 g/mol. The Kier molecular flexibility index (Phi) is 3.50. The third-order valence-electron chi connectivity index (χ3n) is 2.70. The smallest absolute Gasteiger partial charge is 0.338 e. The summed E-state index contributed by atoms with van der Waals surface area (Å²) in [5.41, 5.74) is 0.125. The summed E-state index contributed by atoms with van der Waals surface area (Å²) in [6.45, 7) is 3.78. The molecule has 0 amide bonds. The number of rotatable bonds is 4. The molecule has 100 valence electrons. The van der Waals surface area contributed by atoms with E-state index < -0.39 is 10.9 Å². The molecule has 0 aliphatic rings. The highest BCUT2D eigenvalue weighted by molar-refractivity contribution is 5.98. The zero-order valence-electron chi connectivity index (χ0n) is 10.6. The summed E-state index contributed by atoms with van der Waals surface area (Å²) in [5, 5.41) is 11.6. The largest absolute Gasteiger partial charge is 0.462 e. The van der Waals surface area contributed by atoms with Gasteiger partial charge in [-0.05, 0) is 19.1 Å². The highest BCUT2D eigenvalue weighted by atomic mass is 16.6. The predicted octanol–water partition coefficient (Wildman–Crippen LogP) is 3.08. The molecule has 0 N–H and O–H groups in total. The van der Waals surface area contributed by atoms with Crippen LogP contribution in [0.2, 0.25) is 0 Å². The highest BCUT2D eigenvalue weighted by Crippen LogP contribution is 2.30. The maximum atomic E-state index is 11.7. The SMILES string of the molecule is CCOC(=O)c1cc([N+](=O)[O-])c2oc(CC)cc2c1. The number of ether oxygens (including phenoxy) is 1. The van der Waals surface area contributed by atoms with Gasteiger partial charge in [-0.15, -0.1) is 0 Å². The fourth-order valence-electron chi connectivity index (χ4n) is 1.83. The predicted molar refractivity (Wildman–Crippen MR) is 68.2 cm³/mol. The van der Waals surface area contributed by atoms with Crippen LogP contribution in [0.25, 0.3) is 11.0 Å². The number of furan rings is 1. The Bertz CT molecular complexity index is 644. The number of esters is 1. The van der Waals surface area contributed by atoms with Crippen LogP contribution in [0, 0.1) is 10.1 Å². The lowest BCUT2D eigenvalue weighted by Crippen LogP contribution is -2.05. The van der Waals surface area contributed by atoms with Gasteiger partial charge in [-0.3, -0.25) is 10.1 Å². The van der Waals surface area contributed by atoms with Crippen LogP contribution in [0.4, 0.5) is 5.69 Å². The van der Waals surface area contributed by atoms with Gasteiger partial charge in [-0.25, -0.2) is 4.79 Å². The first-order chi connectivity index (χ1) is 9.06. The molecule has 0 aliphatic heterocycles. The molecule has 1 aromatic carbocycles. The average molecular weight is 263 g/mol. The average Bonchev–Trinajstić information content (AvgIpc) is 2.80. The Morgan fingerprint density at radius 1 is 1.37 bits per heavy atom. The van der Waals surface area contributed by atoms with Crippen molar-refractivity contribution in [3.8, 4) is 0 Å². The van der Waals surface area contributed by atoms with Gasteiger partial charge in [-0.1, -0.05) is 6.92 Å². The lowest BCUT2D eigenvalue weighted by Gasteiger charge is -2.01. The maximum absolute atomic E-state index is 11.7. The van der Waals surface area contributed by atoms with E-state index in [9.17, 15) is 14.9 Å². The van der Waals surface area contributed by atoms with Gasteiger partial charge >= 0.3 is 11.7 Å². The highest BCUT2D eigenvalue weighted by Gasteiger charge is 2.21. The number of aryl methyl sites for hydroxylation is 1. The van der Waals surface area contributed by atoms with Gasteiger partial charge in [0.15, 0.2) is 0 Å². The molecular formula is C13H13NO5. The van der Waals surface area contributed by atoms with E-state index >= 15 is 0 Å². The molecule has 1 aromatic heterocycles. The van der Waals surface area contributed by atoms with Crippen LogP contribution >= 0.6 is 0 Å². The Hall–Kier alpha value is -2.37. The number of nitro benzene ring substituents is 1. The number of hydrogen-bond donors (Lipinski definition) is 0. The van der Waals surface area contributed by atoms with Crippen LogP contribution in [-0.4, -0.2) is 17.5 Å². The van der Waals surface area contributed by atoms with Crippen LogP contribution in [0.15, 0.2) is 22.6 Å². The van der Waals surface area contributed by atoms with Crippen LogP contribution in [0.5, 0.6) is 0 Å². The van der Waals surface area contributed by atoms with Gasteiger partial charge in [0.25, 0.3) is 0 Å². The fourth-order valence-corrected chi connectivity index (χ4v) is 1.83. The molecule has 19 heavy (non-hydrogen) atoms. The molecule has 0 unspecified atom stereocenters. The summed E-state index contributed by atoms with van der Waals surface area (Å²) in [4.78, 5) is 22.1. The minimum atomic E-state index is -0.577. The second-order valence-electron chi connectivity index (χ2n) is 3.96. The maximum Gasteiger partial charge on any atom is 0.338 e. The van der Waals surface area contributed by atoms with Crippen LogP contribution in [0.1, 0.15) is 30.0 Å². The quantitative estimate of drug-likeness (QED) is 0.481. The van der Waals surface area contributed by atoms with Gasteiger partial charge < -0.3 is 9.15 Å². The van der Waals surface area contributed by atoms with E-state index in [1.807, 2.05) is 6.92 Å². The van der Waals surface area contributed by atoms with E-state index in [0.717, 1.165) is 0 Å². The third kappa shape index (κ3) is 2.42. The molecule has 0 atom stereocenters. The van der Waals surface area contributed by atoms with E-state index in [1.165, 1.54) is 6.07 Å². The Labute approximate surface area is 109 Å². The normalized spacial score (nSPS) is 10.6. The molecular weight excluding hydrogens is 250 g/mol. The number of carbonyl (C=O) groups is 1. The number of carbonyl (C=O) groups excluding carboxylic acids is 1. The topological polar surface area (TPSA) is 82.6 Å². The molecule has 1 heterocycles. The van der Waals surface area contributed by atoms with Crippen LogP contribution in [0.3, 0.4) is 0 Å². The van der Waals surface area contributed by atoms with Gasteiger partial charge in [0, 0.05) is 17.9 Å². The minimum absolute atomic E-state index is 0.157. The molecule has 0 bridgehead atoms. The van der Waals surface area contributed by atoms with Crippen molar-refractivity contribution in [1.29, 1.82) is 0 Å². The van der Waals surface area contributed by atoms with Gasteiger partial charge in [0.05, 0.1) is 17.1 Å². The summed E-state index contributed by atoms with van der Waals surface area (Å²) < 4.78 is 10.3. The first kappa shape index (κ1) is 13.1. The van der Waals surface area contributed by atoms with E-state index in [2.05, 4.69) is 0 Å². The zero-order valence-corrected chi connectivity index (χ0v) is 10.6. The molecule has 0 spiro atoms. The van der Waals surface area contributed by atoms with Crippen molar-refractivity contribution in [1.82, 2.24) is 0 Å². The van der Waals surface area contributed by atoms with Gasteiger partial charge in [0.1, 0.15) is 5.76 Å². The van der Waals surface area contributed by atoms with Crippen molar-refractivity contribution in [3.63, 3.8) is 0 Å². The molecule has 6 nitrogen and oxygen atoms in total.